The van der Waals surface area contributed by atoms with E-state index in [2.05, 4.69) is 23.4 Å². The number of imidazole rings is 1. The van der Waals surface area contributed by atoms with Crippen LogP contribution >= 0.6 is 0 Å². The maximum absolute atomic E-state index is 6.30. The molecule has 0 saturated carbocycles. The molecular weight excluding hydrogens is 250 g/mol. The summed E-state index contributed by atoms with van der Waals surface area (Å²) in [6, 6.07) is 7.97. The second-order valence-electron chi connectivity index (χ2n) is 4.86. The van der Waals surface area contributed by atoms with E-state index in [1.807, 2.05) is 36.7 Å². The molecule has 2 N–H and O–H groups in total. The third kappa shape index (κ3) is 3.61. The van der Waals surface area contributed by atoms with E-state index in [1.54, 1.807) is 0 Å². The van der Waals surface area contributed by atoms with Gasteiger partial charge in [-0.25, -0.2) is 4.98 Å². The van der Waals surface area contributed by atoms with E-state index in [4.69, 9.17) is 10.5 Å². The van der Waals surface area contributed by atoms with Gasteiger partial charge in [-0.3, -0.25) is 0 Å². The van der Waals surface area contributed by atoms with Gasteiger partial charge in [-0.1, -0.05) is 19.1 Å². The van der Waals surface area contributed by atoms with E-state index in [0.717, 1.165) is 43.1 Å². The molecule has 108 valence electrons. The molecular formula is C16H23N3O. The summed E-state index contributed by atoms with van der Waals surface area (Å²) in [6.07, 6.45) is 5.55. The Morgan fingerprint density at radius 2 is 2.20 bits per heavy atom. The summed E-state index contributed by atoms with van der Waals surface area (Å²) in [6.45, 7) is 5.86. The normalized spacial score (nSPS) is 12.3. The molecule has 0 amide bonds. The Bertz CT molecular complexity index is 536. The Labute approximate surface area is 120 Å². The highest BCUT2D eigenvalue weighted by molar-refractivity contribution is 5.30. The lowest BCUT2D eigenvalue weighted by atomic mass is 10.0. The van der Waals surface area contributed by atoms with Crippen molar-refractivity contribution >= 4 is 0 Å². The number of nitrogens with two attached hydrogens (primary N) is 1. The number of nitrogens with zero attached hydrogens (tertiary/aromatic N) is 2. The van der Waals surface area contributed by atoms with Crippen LogP contribution in [-0.4, -0.2) is 16.2 Å². The topological polar surface area (TPSA) is 53.1 Å². The minimum absolute atomic E-state index is 0.0622. The van der Waals surface area contributed by atoms with Crippen molar-refractivity contribution in [2.75, 3.05) is 6.61 Å². The first-order chi connectivity index (χ1) is 9.74. The van der Waals surface area contributed by atoms with Crippen molar-refractivity contribution in [1.29, 1.82) is 0 Å². The Kier molecular flexibility index (Phi) is 5.18. The zero-order valence-corrected chi connectivity index (χ0v) is 12.2. The molecule has 2 aromatic rings. The van der Waals surface area contributed by atoms with Crippen LogP contribution < -0.4 is 10.5 Å². The van der Waals surface area contributed by atoms with Gasteiger partial charge in [-0.2, -0.15) is 0 Å². The van der Waals surface area contributed by atoms with Gasteiger partial charge in [0.1, 0.15) is 11.6 Å². The predicted molar refractivity (Wildman–Crippen MR) is 80.8 cm³/mol. The van der Waals surface area contributed by atoms with Crippen LogP contribution in [0.2, 0.25) is 0 Å². The van der Waals surface area contributed by atoms with Crippen molar-refractivity contribution < 1.29 is 4.74 Å². The number of ether oxygens (including phenoxy) is 1. The van der Waals surface area contributed by atoms with Gasteiger partial charge in [0.05, 0.1) is 6.61 Å². The molecule has 0 bridgehead atoms. The molecule has 0 aliphatic rings. The number of aryl methyl sites for hydroxylation is 1. The third-order valence-electron chi connectivity index (χ3n) is 3.30. The molecule has 0 spiro atoms. The molecule has 1 atom stereocenters. The Morgan fingerprint density at radius 1 is 1.35 bits per heavy atom. The summed E-state index contributed by atoms with van der Waals surface area (Å²) in [4.78, 5) is 4.38. The first kappa shape index (κ1) is 14.6. The zero-order valence-electron chi connectivity index (χ0n) is 12.2. The molecule has 0 radical (unpaired) electrons. The summed E-state index contributed by atoms with van der Waals surface area (Å²) >= 11 is 0. The van der Waals surface area contributed by atoms with Gasteiger partial charge < -0.3 is 15.0 Å². The highest BCUT2D eigenvalue weighted by atomic mass is 16.5. The van der Waals surface area contributed by atoms with Crippen molar-refractivity contribution in [2.24, 2.45) is 5.73 Å². The van der Waals surface area contributed by atoms with Crippen molar-refractivity contribution in [2.45, 2.75) is 39.3 Å². The lowest BCUT2D eigenvalue weighted by Crippen LogP contribution is -2.16. The van der Waals surface area contributed by atoms with E-state index in [1.165, 1.54) is 0 Å². The van der Waals surface area contributed by atoms with E-state index < -0.39 is 0 Å². The summed E-state index contributed by atoms with van der Waals surface area (Å²) in [5.74, 6) is 1.92. The highest BCUT2D eigenvalue weighted by Gasteiger charge is 2.11. The highest BCUT2D eigenvalue weighted by Crippen LogP contribution is 2.20. The fourth-order valence-electron chi connectivity index (χ4n) is 2.19. The Balaban J connectivity index is 2.06. The SMILES string of the molecule is CCCOc1cccc(C(N)Cc2nccn2CC)c1. The van der Waals surface area contributed by atoms with Crippen LogP contribution in [0.1, 0.15) is 37.7 Å². The molecule has 1 heterocycles. The molecule has 0 aliphatic carbocycles. The van der Waals surface area contributed by atoms with Crippen LogP contribution in [0, 0.1) is 0 Å². The lowest BCUT2D eigenvalue weighted by molar-refractivity contribution is 0.317. The molecule has 0 saturated heterocycles. The van der Waals surface area contributed by atoms with Gasteiger partial charge in [-0.15, -0.1) is 0 Å². The van der Waals surface area contributed by atoms with Crippen LogP contribution in [-0.2, 0) is 13.0 Å². The van der Waals surface area contributed by atoms with Gasteiger partial charge in [0.15, 0.2) is 0 Å². The standard InChI is InChI=1S/C16H23N3O/c1-3-10-20-14-7-5-6-13(11-14)15(17)12-16-18-8-9-19(16)4-2/h5-9,11,15H,3-4,10,12,17H2,1-2H3. The first-order valence-electron chi connectivity index (χ1n) is 7.23. The average molecular weight is 273 g/mol. The predicted octanol–water partition coefficient (Wildman–Crippen LogP) is 2.93. The van der Waals surface area contributed by atoms with Gasteiger partial charge in [0.2, 0.25) is 0 Å². The summed E-state index contributed by atoms with van der Waals surface area (Å²) in [5, 5.41) is 0. The van der Waals surface area contributed by atoms with Gasteiger partial charge in [-0.05, 0) is 31.0 Å². The van der Waals surface area contributed by atoms with E-state index in [0.29, 0.717) is 0 Å². The van der Waals surface area contributed by atoms with Crippen molar-refractivity contribution in [3.63, 3.8) is 0 Å². The lowest BCUT2D eigenvalue weighted by Gasteiger charge is -2.14. The fraction of sp³-hybridized carbons (Fsp3) is 0.438. The molecule has 1 aromatic carbocycles. The smallest absolute Gasteiger partial charge is 0.119 e. The summed E-state index contributed by atoms with van der Waals surface area (Å²) in [5.41, 5.74) is 7.39. The molecule has 0 aliphatic heterocycles. The second kappa shape index (κ2) is 7.10. The Morgan fingerprint density at radius 3 is 2.95 bits per heavy atom. The van der Waals surface area contributed by atoms with Crippen LogP contribution in [0.15, 0.2) is 36.7 Å². The van der Waals surface area contributed by atoms with Crippen LogP contribution in [0.3, 0.4) is 0 Å². The molecule has 4 heteroatoms. The van der Waals surface area contributed by atoms with Crippen LogP contribution in [0.4, 0.5) is 0 Å². The number of hydrogen-bond donors (Lipinski definition) is 1. The molecule has 1 unspecified atom stereocenters. The van der Waals surface area contributed by atoms with Crippen molar-refractivity contribution in [3.8, 4) is 5.75 Å². The van der Waals surface area contributed by atoms with Crippen LogP contribution in [0.5, 0.6) is 5.75 Å². The Hall–Kier alpha value is -1.81. The molecule has 0 fully saturated rings. The largest absolute Gasteiger partial charge is 0.494 e. The molecule has 4 nitrogen and oxygen atoms in total. The monoisotopic (exact) mass is 273 g/mol. The van der Waals surface area contributed by atoms with E-state index in [9.17, 15) is 0 Å². The third-order valence-corrected chi connectivity index (χ3v) is 3.30. The van der Waals surface area contributed by atoms with Gasteiger partial charge in [0, 0.05) is 31.4 Å². The maximum Gasteiger partial charge on any atom is 0.119 e. The number of benzene rings is 1. The van der Waals surface area contributed by atoms with E-state index >= 15 is 0 Å². The summed E-state index contributed by atoms with van der Waals surface area (Å²) < 4.78 is 7.77. The molecule has 2 rings (SSSR count). The van der Waals surface area contributed by atoms with Gasteiger partial charge in [0.25, 0.3) is 0 Å². The fourth-order valence-corrected chi connectivity index (χ4v) is 2.19. The quantitative estimate of drug-likeness (QED) is 0.844. The second-order valence-corrected chi connectivity index (χ2v) is 4.86. The number of hydrogen-bond acceptors (Lipinski definition) is 3. The zero-order chi connectivity index (χ0) is 14.4. The number of rotatable bonds is 7. The summed E-state index contributed by atoms with van der Waals surface area (Å²) in [7, 11) is 0. The van der Waals surface area contributed by atoms with E-state index in [-0.39, 0.29) is 6.04 Å². The molecule has 20 heavy (non-hydrogen) atoms. The first-order valence-corrected chi connectivity index (χ1v) is 7.23. The maximum atomic E-state index is 6.30. The van der Waals surface area contributed by atoms with Crippen LogP contribution in [0.25, 0.3) is 0 Å². The number of aromatic nitrogens is 2. The van der Waals surface area contributed by atoms with Crippen molar-refractivity contribution in [1.82, 2.24) is 9.55 Å². The van der Waals surface area contributed by atoms with Gasteiger partial charge >= 0.3 is 0 Å². The molecule has 1 aromatic heterocycles. The minimum Gasteiger partial charge on any atom is -0.494 e. The average Bonchev–Trinajstić information content (AvgIpc) is 2.92. The minimum atomic E-state index is -0.0622. The van der Waals surface area contributed by atoms with Crippen molar-refractivity contribution in [3.05, 3.63) is 48.0 Å².